The average molecular weight is 334 g/mol. The van der Waals surface area contributed by atoms with Gasteiger partial charge in [0.1, 0.15) is 11.5 Å². The van der Waals surface area contributed by atoms with E-state index in [0.29, 0.717) is 0 Å². The summed E-state index contributed by atoms with van der Waals surface area (Å²) in [5.41, 5.74) is 2.29. The Bertz CT molecular complexity index is 616. The molecule has 0 heterocycles. The fourth-order valence-electron chi connectivity index (χ4n) is 2.39. The largest absolute Gasteiger partial charge is 0.496 e. The fraction of sp³-hybridized carbons (Fsp3) is 0.368. The van der Waals surface area contributed by atoms with E-state index in [9.17, 15) is 0 Å². The van der Waals surface area contributed by atoms with E-state index in [1.165, 1.54) is 5.56 Å². The van der Waals surface area contributed by atoms with Crippen molar-refractivity contribution in [3.8, 4) is 11.5 Å². The average Bonchev–Trinajstić information content (AvgIpc) is 2.58. The number of ether oxygens (including phenoxy) is 2. The highest BCUT2D eigenvalue weighted by Gasteiger charge is 2.05. The van der Waals surface area contributed by atoms with Crippen molar-refractivity contribution in [2.45, 2.75) is 26.3 Å². The van der Waals surface area contributed by atoms with Crippen LogP contribution in [0, 0.1) is 0 Å². The van der Waals surface area contributed by atoms with Gasteiger partial charge in [0.05, 0.1) is 13.7 Å². The molecule has 0 bridgehead atoms. The van der Waals surface area contributed by atoms with Gasteiger partial charge in [-0.05, 0) is 49.2 Å². The van der Waals surface area contributed by atoms with Crippen molar-refractivity contribution < 1.29 is 9.47 Å². The molecule has 2 rings (SSSR count). The van der Waals surface area contributed by atoms with E-state index in [-0.39, 0.29) is 0 Å². The Balaban J connectivity index is 1.89. The lowest BCUT2D eigenvalue weighted by Crippen LogP contribution is -2.17. The zero-order chi connectivity index (χ0) is 16.5. The second-order valence-corrected chi connectivity index (χ2v) is 5.78. The first kappa shape index (κ1) is 17.6. The summed E-state index contributed by atoms with van der Waals surface area (Å²) in [5, 5.41) is 4.18. The van der Waals surface area contributed by atoms with Crippen LogP contribution < -0.4 is 14.8 Å². The van der Waals surface area contributed by atoms with E-state index in [0.717, 1.165) is 54.6 Å². The van der Waals surface area contributed by atoms with E-state index in [1.807, 2.05) is 36.4 Å². The van der Waals surface area contributed by atoms with Crippen LogP contribution in [0.25, 0.3) is 0 Å². The summed E-state index contributed by atoms with van der Waals surface area (Å²) in [6.07, 6.45) is 1.90. The maximum absolute atomic E-state index is 6.10. The molecule has 3 nitrogen and oxygen atoms in total. The van der Waals surface area contributed by atoms with Crippen molar-refractivity contribution in [1.82, 2.24) is 5.32 Å². The molecule has 4 heteroatoms. The lowest BCUT2D eigenvalue weighted by molar-refractivity contribution is 0.313. The Hall–Kier alpha value is -1.71. The Morgan fingerprint density at radius 1 is 1.04 bits per heavy atom. The minimum absolute atomic E-state index is 0.718. The van der Waals surface area contributed by atoms with Gasteiger partial charge in [-0.15, -0.1) is 0 Å². The van der Waals surface area contributed by atoms with Gasteiger partial charge in [0.15, 0.2) is 0 Å². The molecule has 0 fully saturated rings. The molecule has 0 unspecified atom stereocenters. The number of methoxy groups -OCH3 is 1. The maximum Gasteiger partial charge on any atom is 0.123 e. The molecule has 0 saturated heterocycles. The van der Waals surface area contributed by atoms with E-state index in [1.54, 1.807) is 7.11 Å². The van der Waals surface area contributed by atoms with Crippen LogP contribution in [0.15, 0.2) is 42.5 Å². The normalized spacial score (nSPS) is 10.6. The summed E-state index contributed by atoms with van der Waals surface area (Å²) in [7, 11) is 1.70. The molecular formula is C19H24ClNO2. The Morgan fingerprint density at radius 3 is 2.65 bits per heavy atom. The van der Waals surface area contributed by atoms with Gasteiger partial charge in [0.2, 0.25) is 0 Å². The first-order valence-electron chi connectivity index (χ1n) is 7.98. The van der Waals surface area contributed by atoms with Crippen LogP contribution in [-0.2, 0) is 13.0 Å². The van der Waals surface area contributed by atoms with Gasteiger partial charge in [-0.3, -0.25) is 0 Å². The van der Waals surface area contributed by atoms with Crippen molar-refractivity contribution in [3.05, 3.63) is 58.6 Å². The van der Waals surface area contributed by atoms with Crippen LogP contribution in [0.3, 0.4) is 0 Å². The molecular weight excluding hydrogens is 310 g/mol. The van der Waals surface area contributed by atoms with Crippen LogP contribution in [-0.4, -0.2) is 20.3 Å². The zero-order valence-electron chi connectivity index (χ0n) is 13.8. The number of benzene rings is 2. The summed E-state index contributed by atoms with van der Waals surface area (Å²) in [5.74, 6) is 1.84. The van der Waals surface area contributed by atoms with Crippen LogP contribution in [0.2, 0.25) is 5.02 Å². The highest BCUT2D eigenvalue weighted by Crippen LogP contribution is 2.23. The molecule has 0 saturated carbocycles. The quantitative estimate of drug-likeness (QED) is 0.687. The second kappa shape index (κ2) is 9.43. The summed E-state index contributed by atoms with van der Waals surface area (Å²) < 4.78 is 11.1. The van der Waals surface area contributed by atoms with E-state index >= 15 is 0 Å². The van der Waals surface area contributed by atoms with Gasteiger partial charge in [-0.2, -0.15) is 0 Å². The highest BCUT2D eigenvalue weighted by molar-refractivity contribution is 6.30. The molecule has 0 radical (unpaired) electrons. The third-order valence-corrected chi connectivity index (χ3v) is 3.80. The molecule has 2 aromatic rings. The molecule has 0 aliphatic carbocycles. The Morgan fingerprint density at radius 2 is 1.87 bits per heavy atom. The number of halogens is 1. The minimum Gasteiger partial charge on any atom is -0.496 e. The van der Waals surface area contributed by atoms with E-state index < -0.39 is 0 Å². The summed E-state index contributed by atoms with van der Waals surface area (Å²) in [6, 6.07) is 13.9. The summed E-state index contributed by atoms with van der Waals surface area (Å²) in [4.78, 5) is 0. The predicted octanol–water partition coefficient (Wildman–Crippen LogP) is 4.47. The van der Waals surface area contributed by atoms with Crippen molar-refractivity contribution in [2.75, 3.05) is 20.3 Å². The monoisotopic (exact) mass is 333 g/mol. The molecule has 0 aliphatic rings. The van der Waals surface area contributed by atoms with Crippen molar-refractivity contribution in [2.24, 2.45) is 0 Å². The number of hydrogen-bond donors (Lipinski definition) is 1. The molecule has 2 aromatic carbocycles. The molecule has 0 spiro atoms. The Kier molecular flexibility index (Phi) is 7.24. The lowest BCUT2D eigenvalue weighted by atomic mass is 10.1. The van der Waals surface area contributed by atoms with Gasteiger partial charge < -0.3 is 14.8 Å². The molecule has 1 N–H and O–H groups in total. The van der Waals surface area contributed by atoms with Crippen LogP contribution in [0.4, 0.5) is 0 Å². The van der Waals surface area contributed by atoms with Gasteiger partial charge >= 0.3 is 0 Å². The van der Waals surface area contributed by atoms with E-state index in [2.05, 4.69) is 18.3 Å². The fourth-order valence-corrected chi connectivity index (χ4v) is 2.59. The maximum atomic E-state index is 6.10. The van der Waals surface area contributed by atoms with Crippen molar-refractivity contribution in [3.63, 3.8) is 0 Å². The minimum atomic E-state index is 0.718. The number of para-hydroxylation sites is 1. The number of nitrogens with one attached hydrogen (secondary N) is 1. The third kappa shape index (κ3) is 5.45. The van der Waals surface area contributed by atoms with Crippen molar-refractivity contribution >= 4 is 11.6 Å². The zero-order valence-corrected chi connectivity index (χ0v) is 14.5. The smallest absolute Gasteiger partial charge is 0.123 e. The van der Waals surface area contributed by atoms with Crippen molar-refractivity contribution in [1.29, 1.82) is 0 Å². The molecule has 0 atom stereocenters. The first-order chi connectivity index (χ1) is 11.2. The van der Waals surface area contributed by atoms with E-state index in [4.69, 9.17) is 21.1 Å². The van der Waals surface area contributed by atoms with Gasteiger partial charge in [0.25, 0.3) is 0 Å². The first-order valence-corrected chi connectivity index (χ1v) is 8.36. The predicted molar refractivity (Wildman–Crippen MR) is 95.6 cm³/mol. The highest BCUT2D eigenvalue weighted by atomic mass is 35.5. The standard InChI is InChI=1S/C19H24ClNO2/c1-3-12-23-19-9-8-17(20)13-16(19)14-21-11-10-15-6-4-5-7-18(15)22-2/h4-9,13,21H,3,10-12,14H2,1-2H3. The summed E-state index contributed by atoms with van der Waals surface area (Å²) in [6.45, 7) is 4.41. The van der Waals surface area contributed by atoms with Crippen LogP contribution in [0.1, 0.15) is 24.5 Å². The molecule has 23 heavy (non-hydrogen) atoms. The number of hydrogen-bond acceptors (Lipinski definition) is 3. The Labute approximate surface area is 143 Å². The number of rotatable bonds is 9. The SMILES string of the molecule is CCCOc1ccc(Cl)cc1CNCCc1ccccc1OC. The second-order valence-electron chi connectivity index (χ2n) is 5.34. The van der Waals surface area contributed by atoms with Gasteiger partial charge in [-0.1, -0.05) is 36.7 Å². The summed E-state index contributed by atoms with van der Waals surface area (Å²) >= 11 is 6.10. The molecule has 0 aliphatic heterocycles. The van der Waals surface area contributed by atoms with Gasteiger partial charge in [0, 0.05) is 17.1 Å². The molecule has 124 valence electrons. The van der Waals surface area contributed by atoms with Gasteiger partial charge in [-0.25, -0.2) is 0 Å². The molecule has 0 amide bonds. The topological polar surface area (TPSA) is 30.5 Å². The molecule has 0 aromatic heterocycles. The third-order valence-electron chi connectivity index (χ3n) is 3.56. The van der Waals surface area contributed by atoms with Crippen LogP contribution in [0.5, 0.6) is 11.5 Å². The lowest BCUT2D eigenvalue weighted by Gasteiger charge is -2.13. The van der Waals surface area contributed by atoms with Crippen LogP contribution >= 0.6 is 11.6 Å².